The van der Waals surface area contributed by atoms with Gasteiger partial charge in [-0.1, -0.05) is 18.2 Å². The number of carbonyl (C=O) groups is 2. The van der Waals surface area contributed by atoms with Gasteiger partial charge in [-0.05, 0) is 43.3 Å². The molecule has 0 unspecified atom stereocenters. The van der Waals surface area contributed by atoms with Crippen LogP contribution in [0, 0.1) is 11.3 Å². The van der Waals surface area contributed by atoms with E-state index in [-0.39, 0.29) is 17.0 Å². The molecule has 8 nitrogen and oxygen atoms in total. The maximum Gasteiger partial charge on any atom is 0.338 e. The summed E-state index contributed by atoms with van der Waals surface area (Å²) >= 11 is 0. The molecule has 0 bridgehead atoms. The Balaban J connectivity index is 2.07. The van der Waals surface area contributed by atoms with Crippen LogP contribution in [0.4, 0.5) is 5.69 Å². The summed E-state index contributed by atoms with van der Waals surface area (Å²) in [4.78, 5) is 24.5. The molecular formula is C20H19N3O5S. The highest BCUT2D eigenvalue weighted by Gasteiger charge is 2.21. The highest BCUT2D eigenvalue weighted by molar-refractivity contribution is 7.89. The average Bonchev–Trinajstić information content (AvgIpc) is 2.72. The zero-order chi connectivity index (χ0) is 21.4. The number of ether oxygens (including phenoxy) is 1. The highest BCUT2D eigenvalue weighted by atomic mass is 32.2. The van der Waals surface area contributed by atoms with Crippen molar-refractivity contribution in [2.75, 3.05) is 11.9 Å². The monoisotopic (exact) mass is 413 g/mol. The number of nitrogens with one attached hydrogen (secondary N) is 2. The Labute approximate surface area is 168 Å². The molecule has 2 aromatic rings. The van der Waals surface area contributed by atoms with Gasteiger partial charge in [0.25, 0.3) is 5.91 Å². The van der Waals surface area contributed by atoms with Crippen LogP contribution in [0.1, 0.15) is 22.8 Å². The first-order valence-electron chi connectivity index (χ1n) is 8.49. The minimum absolute atomic E-state index is 0.0161. The van der Waals surface area contributed by atoms with Crippen molar-refractivity contribution in [3.63, 3.8) is 0 Å². The molecule has 0 saturated carbocycles. The van der Waals surface area contributed by atoms with E-state index >= 15 is 0 Å². The summed E-state index contributed by atoms with van der Waals surface area (Å²) in [5, 5.41) is 11.4. The Morgan fingerprint density at radius 1 is 1.24 bits per heavy atom. The van der Waals surface area contributed by atoms with Crippen LogP contribution in [0.5, 0.6) is 0 Å². The smallest absolute Gasteiger partial charge is 0.338 e. The summed E-state index contributed by atoms with van der Waals surface area (Å²) in [6.07, 6.45) is 0.245. The third-order valence-corrected chi connectivity index (χ3v) is 5.13. The molecular weight excluding hydrogens is 394 g/mol. The van der Waals surface area contributed by atoms with Gasteiger partial charge in [-0.3, -0.25) is 4.79 Å². The number of nitriles is 1. The van der Waals surface area contributed by atoms with Crippen molar-refractivity contribution in [2.45, 2.75) is 17.9 Å². The number of amides is 1. The molecule has 9 heteroatoms. The Bertz CT molecular complexity index is 1070. The van der Waals surface area contributed by atoms with Gasteiger partial charge < -0.3 is 10.1 Å². The van der Waals surface area contributed by atoms with E-state index in [4.69, 9.17) is 10.00 Å². The largest absolute Gasteiger partial charge is 0.449 e. The van der Waals surface area contributed by atoms with Gasteiger partial charge in [0, 0.05) is 12.2 Å². The van der Waals surface area contributed by atoms with Gasteiger partial charge in [-0.25, -0.2) is 17.9 Å². The summed E-state index contributed by atoms with van der Waals surface area (Å²) in [7, 11) is -3.81. The van der Waals surface area contributed by atoms with E-state index in [0.717, 1.165) is 6.07 Å². The Morgan fingerprint density at radius 2 is 1.97 bits per heavy atom. The third kappa shape index (κ3) is 6.00. The second-order valence-corrected chi connectivity index (χ2v) is 7.66. The van der Waals surface area contributed by atoms with E-state index in [9.17, 15) is 18.0 Å². The molecule has 0 heterocycles. The molecule has 0 saturated heterocycles. The zero-order valence-electron chi connectivity index (χ0n) is 15.6. The summed E-state index contributed by atoms with van der Waals surface area (Å²) in [5.74, 6) is -1.44. The number of hydrogen-bond donors (Lipinski definition) is 2. The molecule has 0 spiro atoms. The molecule has 150 valence electrons. The number of benzene rings is 2. The first-order chi connectivity index (χ1) is 13.8. The maximum absolute atomic E-state index is 12.3. The van der Waals surface area contributed by atoms with E-state index in [0.29, 0.717) is 11.3 Å². The lowest BCUT2D eigenvalue weighted by Gasteiger charge is -2.14. The van der Waals surface area contributed by atoms with Gasteiger partial charge in [-0.2, -0.15) is 5.26 Å². The number of nitrogens with zero attached hydrogens (tertiary/aromatic N) is 1. The van der Waals surface area contributed by atoms with Gasteiger partial charge in [0.15, 0.2) is 6.10 Å². The van der Waals surface area contributed by atoms with Crippen molar-refractivity contribution in [2.24, 2.45) is 0 Å². The molecule has 2 N–H and O–H groups in total. The zero-order valence-corrected chi connectivity index (χ0v) is 16.4. The Morgan fingerprint density at radius 3 is 2.66 bits per heavy atom. The van der Waals surface area contributed by atoms with E-state index in [2.05, 4.69) is 16.6 Å². The molecule has 2 rings (SSSR count). The molecule has 0 fully saturated rings. The van der Waals surface area contributed by atoms with Gasteiger partial charge in [0.05, 0.1) is 22.1 Å². The lowest BCUT2D eigenvalue weighted by Crippen LogP contribution is -2.30. The van der Waals surface area contributed by atoms with Gasteiger partial charge in [0.2, 0.25) is 10.0 Å². The third-order valence-electron chi connectivity index (χ3n) is 3.71. The van der Waals surface area contributed by atoms with E-state index in [1.54, 1.807) is 18.2 Å². The highest BCUT2D eigenvalue weighted by Crippen LogP contribution is 2.14. The average molecular weight is 413 g/mol. The number of esters is 1. The van der Waals surface area contributed by atoms with Crippen LogP contribution in [0.2, 0.25) is 0 Å². The van der Waals surface area contributed by atoms with Crippen molar-refractivity contribution >= 4 is 27.6 Å². The van der Waals surface area contributed by atoms with E-state index in [1.807, 2.05) is 6.07 Å². The summed E-state index contributed by atoms with van der Waals surface area (Å²) in [6.45, 7) is 4.86. The fourth-order valence-electron chi connectivity index (χ4n) is 2.23. The van der Waals surface area contributed by atoms with Crippen molar-refractivity contribution in [1.82, 2.24) is 4.72 Å². The fourth-order valence-corrected chi connectivity index (χ4v) is 3.28. The Kier molecular flexibility index (Phi) is 7.25. The summed E-state index contributed by atoms with van der Waals surface area (Å²) < 4.78 is 31.7. The second kappa shape index (κ2) is 9.64. The van der Waals surface area contributed by atoms with Crippen molar-refractivity contribution in [1.29, 1.82) is 5.26 Å². The predicted molar refractivity (Wildman–Crippen MR) is 106 cm³/mol. The SMILES string of the molecule is C=CCNS(=O)(=O)c1cccc(C(=O)O[C@H](C)C(=O)Nc2cccc(C#N)c2)c1. The van der Waals surface area contributed by atoms with Crippen molar-refractivity contribution in [3.8, 4) is 6.07 Å². The molecule has 0 aliphatic rings. The number of anilines is 1. The number of carbonyl (C=O) groups excluding carboxylic acids is 2. The quantitative estimate of drug-likeness (QED) is 0.505. The standard InChI is InChI=1S/C20H19N3O5S/c1-3-10-22-29(26,27)18-9-5-7-16(12-18)20(25)28-14(2)19(24)23-17-8-4-6-15(11-17)13-21/h3-9,11-12,14,22H,1,10H2,2H3,(H,23,24)/t14-/m1/s1. The topological polar surface area (TPSA) is 125 Å². The van der Waals surface area contributed by atoms with E-state index < -0.39 is 28.0 Å². The fraction of sp³-hybridized carbons (Fsp3) is 0.150. The number of rotatable bonds is 8. The van der Waals surface area contributed by atoms with Crippen molar-refractivity contribution < 1.29 is 22.7 Å². The molecule has 29 heavy (non-hydrogen) atoms. The first kappa shape index (κ1) is 21.8. The van der Waals surface area contributed by atoms with Crippen LogP contribution in [0.3, 0.4) is 0 Å². The number of sulfonamides is 1. The molecule has 0 aromatic heterocycles. The molecule has 1 atom stereocenters. The molecule has 0 radical (unpaired) electrons. The minimum atomic E-state index is -3.81. The van der Waals surface area contributed by atoms with Crippen LogP contribution < -0.4 is 10.0 Å². The van der Waals surface area contributed by atoms with Crippen LogP contribution in [0.25, 0.3) is 0 Å². The van der Waals surface area contributed by atoms with Crippen LogP contribution in [-0.2, 0) is 19.6 Å². The Hall–Kier alpha value is -3.48. The van der Waals surface area contributed by atoms with Crippen LogP contribution >= 0.6 is 0 Å². The molecule has 1 amide bonds. The van der Waals surface area contributed by atoms with E-state index in [1.165, 1.54) is 37.3 Å². The molecule has 0 aliphatic carbocycles. The molecule has 2 aromatic carbocycles. The second-order valence-electron chi connectivity index (χ2n) is 5.90. The van der Waals surface area contributed by atoms with Crippen molar-refractivity contribution in [3.05, 3.63) is 72.3 Å². The predicted octanol–water partition coefficient (Wildman–Crippen LogP) is 2.21. The maximum atomic E-state index is 12.3. The van der Waals surface area contributed by atoms with Crippen LogP contribution in [0.15, 0.2) is 66.1 Å². The lowest BCUT2D eigenvalue weighted by atomic mass is 10.2. The van der Waals surface area contributed by atoms with Gasteiger partial charge in [-0.15, -0.1) is 6.58 Å². The van der Waals surface area contributed by atoms with Gasteiger partial charge >= 0.3 is 5.97 Å². The number of hydrogen-bond acceptors (Lipinski definition) is 6. The lowest BCUT2D eigenvalue weighted by molar-refractivity contribution is -0.123. The normalized spacial score (nSPS) is 11.7. The van der Waals surface area contributed by atoms with Gasteiger partial charge in [0.1, 0.15) is 0 Å². The summed E-state index contributed by atoms with van der Waals surface area (Å²) in [6, 6.07) is 13.5. The molecule has 0 aliphatic heterocycles. The minimum Gasteiger partial charge on any atom is -0.449 e. The first-order valence-corrected chi connectivity index (χ1v) is 9.98. The summed E-state index contributed by atoms with van der Waals surface area (Å²) in [5.41, 5.74) is 0.742. The van der Waals surface area contributed by atoms with Crippen LogP contribution in [-0.4, -0.2) is 32.9 Å².